The molecule has 3 aromatic rings. The van der Waals surface area contributed by atoms with Crippen LogP contribution in [0.2, 0.25) is 0 Å². The van der Waals surface area contributed by atoms with Gasteiger partial charge in [-0.05, 0) is 37.1 Å². The van der Waals surface area contributed by atoms with Crippen LogP contribution < -0.4 is 14.8 Å². The first-order valence-corrected chi connectivity index (χ1v) is 8.03. The molecule has 0 saturated heterocycles. The van der Waals surface area contributed by atoms with Crippen LogP contribution in [0.4, 0.5) is 18.0 Å². The number of alkyl halides is 3. The zero-order chi connectivity index (χ0) is 19.6. The van der Waals surface area contributed by atoms with E-state index >= 15 is 0 Å². The van der Waals surface area contributed by atoms with Crippen molar-refractivity contribution in [2.45, 2.75) is 19.7 Å². The number of ether oxygens (including phenoxy) is 2. The first-order chi connectivity index (χ1) is 12.7. The third-order valence-corrected chi connectivity index (χ3v) is 3.94. The fourth-order valence-corrected chi connectivity index (χ4v) is 2.76. The summed E-state index contributed by atoms with van der Waals surface area (Å²) < 4.78 is 47.8. The number of hydrogen-bond donors (Lipinski definition) is 2. The molecular weight excluding hydrogens is 365 g/mol. The van der Waals surface area contributed by atoms with Crippen LogP contribution in [0.15, 0.2) is 30.5 Å². The summed E-state index contributed by atoms with van der Waals surface area (Å²) in [6.07, 6.45) is -3.49. The van der Waals surface area contributed by atoms with E-state index < -0.39 is 12.5 Å². The highest BCUT2D eigenvalue weighted by molar-refractivity contribution is 5.86. The van der Waals surface area contributed by atoms with Gasteiger partial charge < -0.3 is 19.8 Å². The lowest BCUT2D eigenvalue weighted by Gasteiger charge is -2.09. The summed E-state index contributed by atoms with van der Waals surface area (Å²) in [6, 6.07) is 5.65. The Morgan fingerprint density at radius 2 is 2.11 bits per heavy atom. The van der Waals surface area contributed by atoms with E-state index in [0.717, 1.165) is 11.3 Å². The smallest absolute Gasteiger partial charge is 0.406 e. The highest BCUT2D eigenvalue weighted by Crippen LogP contribution is 2.29. The third-order valence-electron chi connectivity index (χ3n) is 3.94. The van der Waals surface area contributed by atoms with Crippen molar-refractivity contribution in [2.75, 3.05) is 6.54 Å². The van der Waals surface area contributed by atoms with E-state index in [-0.39, 0.29) is 12.3 Å². The van der Waals surface area contributed by atoms with Crippen molar-refractivity contribution < 1.29 is 27.4 Å². The fourth-order valence-electron chi connectivity index (χ4n) is 2.76. The Labute approximate surface area is 152 Å². The molecule has 0 fully saturated rings. The number of hydrogen-bond acceptors (Lipinski definition) is 4. The van der Waals surface area contributed by atoms with Crippen LogP contribution in [0.3, 0.4) is 0 Å². The molecule has 10 heteroatoms. The molecule has 2 aromatic heterocycles. The number of aryl methyl sites for hydroxylation is 2. The molecule has 0 unspecified atom stereocenters. The van der Waals surface area contributed by atoms with Crippen LogP contribution in [0, 0.1) is 6.92 Å². The summed E-state index contributed by atoms with van der Waals surface area (Å²) in [5.74, 6) is 0.00328. The van der Waals surface area contributed by atoms with Gasteiger partial charge in [0.25, 0.3) is 0 Å². The summed E-state index contributed by atoms with van der Waals surface area (Å²) in [5.41, 5.74) is 2.28. The number of rotatable bonds is 5. The predicted octanol–water partition coefficient (Wildman–Crippen LogP) is 3.44. The summed E-state index contributed by atoms with van der Waals surface area (Å²) in [5, 5.41) is 7.10. The minimum atomic E-state index is -4.75. The molecule has 0 radical (unpaired) electrons. The van der Waals surface area contributed by atoms with Crippen molar-refractivity contribution in [1.82, 2.24) is 20.1 Å². The quantitative estimate of drug-likeness (QED) is 0.708. The topological polar surface area (TPSA) is 81.2 Å². The minimum Gasteiger partial charge on any atom is -0.406 e. The lowest BCUT2D eigenvalue weighted by molar-refractivity contribution is -0.274. The second kappa shape index (κ2) is 7.22. The lowest BCUT2D eigenvalue weighted by atomic mass is 10.1. The molecule has 1 amide bonds. The summed E-state index contributed by atoms with van der Waals surface area (Å²) >= 11 is 0. The number of fused-ring (bicyclic) bond motifs is 1. The second-order valence-corrected chi connectivity index (χ2v) is 5.84. The SMILES string of the molecule is Cc1[nH]c2ccc(OC(F)(F)F)cc2c1CCNC(=O)Oc1ccnn1C. The number of nitrogens with zero attached hydrogens (tertiary/aromatic N) is 2. The Morgan fingerprint density at radius 3 is 2.78 bits per heavy atom. The van der Waals surface area contributed by atoms with Crippen molar-refractivity contribution >= 4 is 17.0 Å². The highest BCUT2D eigenvalue weighted by atomic mass is 19.4. The van der Waals surface area contributed by atoms with Gasteiger partial charge in [0, 0.05) is 36.3 Å². The predicted molar refractivity (Wildman–Crippen MR) is 90.7 cm³/mol. The molecule has 7 nitrogen and oxygen atoms in total. The molecule has 0 atom stereocenters. The normalized spacial score (nSPS) is 11.6. The molecule has 0 saturated carbocycles. The molecule has 0 aliphatic carbocycles. The van der Waals surface area contributed by atoms with E-state index in [0.29, 0.717) is 23.2 Å². The van der Waals surface area contributed by atoms with Gasteiger partial charge in [0.1, 0.15) is 5.75 Å². The van der Waals surface area contributed by atoms with Gasteiger partial charge in [0.15, 0.2) is 0 Å². The Balaban J connectivity index is 1.67. The van der Waals surface area contributed by atoms with Gasteiger partial charge in [0.05, 0.1) is 6.20 Å². The Hall–Kier alpha value is -3.17. The van der Waals surface area contributed by atoms with Crippen molar-refractivity contribution in [1.29, 1.82) is 0 Å². The van der Waals surface area contributed by atoms with Gasteiger partial charge in [-0.15, -0.1) is 13.2 Å². The van der Waals surface area contributed by atoms with Crippen LogP contribution in [0.5, 0.6) is 11.6 Å². The van der Waals surface area contributed by atoms with Crippen LogP contribution in [0.1, 0.15) is 11.3 Å². The van der Waals surface area contributed by atoms with Gasteiger partial charge >= 0.3 is 12.5 Å². The number of nitrogens with one attached hydrogen (secondary N) is 2. The number of amides is 1. The van der Waals surface area contributed by atoms with Gasteiger partial charge in [-0.2, -0.15) is 5.10 Å². The first kappa shape index (κ1) is 18.6. The van der Waals surface area contributed by atoms with Crippen LogP contribution in [-0.4, -0.2) is 33.8 Å². The van der Waals surface area contributed by atoms with Gasteiger partial charge in [0.2, 0.25) is 5.88 Å². The van der Waals surface area contributed by atoms with Crippen molar-refractivity contribution in [3.8, 4) is 11.6 Å². The zero-order valence-electron chi connectivity index (χ0n) is 14.6. The van der Waals surface area contributed by atoms with Crippen LogP contribution in [0.25, 0.3) is 10.9 Å². The lowest BCUT2D eigenvalue weighted by Crippen LogP contribution is -2.29. The standard InChI is InChI=1S/C17H17F3N4O3/c1-10-12(5-7-21-16(25)26-15-6-8-22-24(15)2)13-9-11(27-17(18,19)20)3-4-14(13)23-10/h3-4,6,8-9,23H,5,7H2,1-2H3,(H,21,25). The number of halogens is 3. The molecule has 2 heterocycles. The molecule has 0 bridgehead atoms. The first-order valence-electron chi connectivity index (χ1n) is 8.03. The summed E-state index contributed by atoms with van der Waals surface area (Å²) in [4.78, 5) is 14.9. The van der Waals surface area contributed by atoms with E-state index in [9.17, 15) is 18.0 Å². The minimum absolute atomic E-state index is 0.245. The number of benzene rings is 1. The van der Waals surface area contributed by atoms with Crippen molar-refractivity contribution in [3.63, 3.8) is 0 Å². The van der Waals surface area contributed by atoms with Crippen molar-refractivity contribution in [2.24, 2.45) is 7.05 Å². The highest BCUT2D eigenvalue weighted by Gasteiger charge is 2.31. The molecule has 3 rings (SSSR count). The van der Waals surface area contributed by atoms with E-state index in [4.69, 9.17) is 4.74 Å². The maximum Gasteiger partial charge on any atom is 0.573 e. The maximum absolute atomic E-state index is 12.4. The van der Waals surface area contributed by atoms with Gasteiger partial charge in [-0.1, -0.05) is 0 Å². The summed E-state index contributed by atoms with van der Waals surface area (Å²) in [6.45, 7) is 2.06. The molecule has 144 valence electrons. The number of carbonyl (C=O) groups is 1. The van der Waals surface area contributed by atoms with Crippen LogP contribution in [-0.2, 0) is 13.5 Å². The average Bonchev–Trinajstić information content (AvgIpc) is 3.10. The number of aromatic nitrogens is 3. The van der Waals surface area contributed by atoms with Crippen molar-refractivity contribution in [3.05, 3.63) is 41.7 Å². The maximum atomic E-state index is 12.4. The second-order valence-electron chi connectivity index (χ2n) is 5.84. The molecule has 1 aromatic carbocycles. The number of carbonyl (C=O) groups excluding carboxylic acids is 1. The monoisotopic (exact) mass is 382 g/mol. The van der Waals surface area contributed by atoms with E-state index in [1.165, 1.54) is 29.1 Å². The largest absolute Gasteiger partial charge is 0.573 e. The van der Waals surface area contributed by atoms with Gasteiger partial charge in [-0.25, -0.2) is 9.48 Å². The van der Waals surface area contributed by atoms with E-state index in [2.05, 4.69) is 20.1 Å². The molecular formula is C17H17F3N4O3. The molecule has 0 spiro atoms. The molecule has 0 aliphatic rings. The zero-order valence-corrected chi connectivity index (χ0v) is 14.6. The number of H-pyrrole nitrogens is 1. The van der Waals surface area contributed by atoms with E-state index in [1.54, 1.807) is 13.1 Å². The Bertz CT molecular complexity index is 962. The Morgan fingerprint density at radius 1 is 1.33 bits per heavy atom. The molecule has 0 aliphatic heterocycles. The number of aromatic amines is 1. The Kier molecular flexibility index (Phi) is 4.98. The molecule has 2 N–H and O–H groups in total. The third kappa shape index (κ3) is 4.52. The summed E-state index contributed by atoms with van der Waals surface area (Å²) in [7, 11) is 1.64. The van der Waals surface area contributed by atoms with E-state index in [1.807, 2.05) is 6.92 Å². The van der Waals surface area contributed by atoms with Gasteiger partial charge in [-0.3, -0.25) is 0 Å². The fraction of sp³-hybridized carbons (Fsp3) is 0.294. The van der Waals surface area contributed by atoms with Crippen LogP contribution >= 0.6 is 0 Å². The average molecular weight is 382 g/mol. The molecule has 27 heavy (non-hydrogen) atoms.